The molecule has 0 saturated carbocycles. The Bertz CT molecular complexity index is 931. The van der Waals surface area contributed by atoms with Gasteiger partial charge < -0.3 is 5.32 Å². The zero-order valence-electron chi connectivity index (χ0n) is 12.8. The van der Waals surface area contributed by atoms with Gasteiger partial charge in [-0.25, -0.2) is 0 Å². The SMILES string of the molecule is C[SH]1C(=CC(=O)c2ccccc2)Nc2c1ccc1ccccc21. The number of fused-ring (bicyclic) bond motifs is 3. The van der Waals surface area contributed by atoms with E-state index in [1.54, 1.807) is 6.08 Å². The van der Waals surface area contributed by atoms with Crippen LogP contribution in [0.5, 0.6) is 0 Å². The Hall–Kier alpha value is -2.52. The summed E-state index contributed by atoms with van der Waals surface area (Å²) in [6, 6.07) is 22.1. The van der Waals surface area contributed by atoms with Crippen LogP contribution in [0.15, 0.2) is 82.7 Å². The molecule has 3 aromatic rings. The number of hydrogen-bond donors (Lipinski definition) is 2. The molecular formula is C20H17NOS. The molecule has 0 aliphatic carbocycles. The van der Waals surface area contributed by atoms with Crippen molar-refractivity contribution in [2.75, 3.05) is 11.6 Å². The van der Waals surface area contributed by atoms with Crippen molar-refractivity contribution in [1.29, 1.82) is 0 Å². The molecule has 1 unspecified atom stereocenters. The van der Waals surface area contributed by atoms with E-state index in [2.05, 4.69) is 41.9 Å². The Morgan fingerprint density at radius 3 is 2.52 bits per heavy atom. The van der Waals surface area contributed by atoms with Crippen molar-refractivity contribution in [1.82, 2.24) is 0 Å². The van der Waals surface area contributed by atoms with Crippen LogP contribution < -0.4 is 5.32 Å². The first-order chi connectivity index (χ1) is 11.2. The lowest BCUT2D eigenvalue weighted by Gasteiger charge is -2.10. The highest BCUT2D eigenvalue weighted by Crippen LogP contribution is 2.53. The third kappa shape index (κ3) is 2.43. The smallest absolute Gasteiger partial charge is 0.188 e. The van der Waals surface area contributed by atoms with E-state index in [1.165, 1.54) is 15.7 Å². The van der Waals surface area contributed by atoms with Crippen LogP contribution in [-0.4, -0.2) is 12.0 Å². The molecule has 114 valence electrons. The van der Waals surface area contributed by atoms with E-state index in [0.29, 0.717) is 0 Å². The third-order valence-corrected chi connectivity index (χ3v) is 6.27. The second kappa shape index (κ2) is 5.60. The van der Waals surface area contributed by atoms with E-state index in [1.807, 2.05) is 36.4 Å². The highest BCUT2D eigenvalue weighted by atomic mass is 32.2. The molecule has 1 heterocycles. The lowest BCUT2D eigenvalue weighted by Crippen LogP contribution is -1.99. The van der Waals surface area contributed by atoms with Crippen molar-refractivity contribution >= 4 is 33.1 Å². The van der Waals surface area contributed by atoms with Gasteiger partial charge in [0.25, 0.3) is 0 Å². The first kappa shape index (κ1) is 14.1. The minimum absolute atomic E-state index is 0.0551. The van der Waals surface area contributed by atoms with E-state index in [0.717, 1.165) is 16.3 Å². The summed E-state index contributed by atoms with van der Waals surface area (Å²) in [5.41, 5.74) is 1.88. The van der Waals surface area contributed by atoms with E-state index in [4.69, 9.17) is 0 Å². The van der Waals surface area contributed by atoms with E-state index in [-0.39, 0.29) is 5.78 Å². The van der Waals surface area contributed by atoms with Crippen molar-refractivity contribution in [2.24, 2.45) is 0 Å². The van der Waals surface area contributed by atoms with Crippen LogP contribution in [0, 0.1) is 0 Å². The first-order valence-electron chi connectivity index (χ1n) is 7.57. The minimum atomic E-state index is -0.511. The highest BCUT2D eigenvalue weighted by Gasteiger charge is 2.23. The van der Waals surface area contributed by atoms with Crippen LogP contribution in [0.4, 0.5) is 5.69 Å². The Balaban J connectivity index is 1.74. The van der Waals surface area contributed by atoms with E-state index < -0.39 is 10.9 Å². The molecule has 3 heteroatoms. The maximum Gasteiger partial charge on any atom is 0.188 e. The molecule has 1 atom stereocenters. The van der Waals surface area contributed by atoms with Gasteiger partial charge in [-0.05, 0) is 17.7 Å². The second-order valence-corrected chi connectivity index (χ2v) is 7.71. The molecule has 0 bridgehead atoms. The molecule has 0 radical (unpaired) electrons. The van der Waals surface area contributed by atoms with Gasteiger partial charge in [-0.1, -0.05) is 60.7 Å². The molecule has 2 nitrogen and oxygen atoms in total. The van der Waals surface area contributed by atoms with Gasteiger partial charge in [-0.3, -0.25) is 4.79 Å². The zero-order chi connectivity index (χ0) is 15.8. The van der Waals surface area contributed by atoms with Crippen molar-refractivity contribution in [3.05, 3.63) is 83.4 Å². The van der Waals surface area contributed by atoms with Gasteiger partial charge in [-0.15, -0.1) is 0 Å². The van der Waals surface area contributed by atoms with Gasteiger partial charge in [-0.2, -0.15) is 10.9 Å². The molecule has 1 aliphatic rings. The van der Waals surface area contributed by atoms with Gasteiger partial charge in [0.1, 0.15) is 0 Å². The van der Waals surface area contributed by atoms with Crippen LogP contribution in [0.1, 0.15) is 10.4 Å². The van der Waals surface area contributed by atoms with Crippen LogP contribution >= 0.6 is 10.9 Å². The number of carbonyl (C=O) groups excluding carboxylic acids is 1. The summed E-state index contributed by atoms with van der Waals surface area (Å²) in [5, 5.41) is 6.96. The monoisotopic (exact) mass is 319 g/mol. The predicted octanol–water partition coefficient (Wildman–Crippen LogP) is 4.98. The van der Waals surface area contributed by atoms with Crippen LogP contribution in [-0.2, 0) is 0 Å². The molecule has 4 rings (SSSR count). The molecule has 0 saturated heterocycles. The van der Waals surface area contributed by atoms with E-state index in [9.17, 15) is 4.79 Å². The number of allylic oxidation sites excluding steroid dienone is 1. The number of hydrogen-bond acceptors (Lipinski definition) is 2. The van der Waals surface area contributed by atoms with Gasteiger partial charge in [0, 0.05) is 21.9 Å². The summed E-state index contributed by atoms with van der Waals surface area (Å²) in [7, 11) is -0.511. The second-order valence-electron chi connectivity index (χ2n) is 5.62. The molecule has 0 amide bonds. The zero-order valence-corrected chi connectivity index (χ0v) is 13.7. The average Bonchev–Trinajstić information content (AvgIpc) is 2.92. The average molecular weight is 319 g/mol. The third-order valence-electron chi connectivity index (χ3n) is 4.21. The number of carbonyl (C=O) groups is 1. The number of benzene rings is 3. The summed E-state index contributed by atoms with van der Waals surface area (Å²) in [6.07, 6.45) is 3.96. The summed E-state index contributed by atoms with van der Waals surface area (Å²) < 4.78 is 0. The van der Waals surface area contributed by atoms with Crippen LogP contribution in [0.3, 0.4) is 0 Å². The molecule has 0 fully saturated rings. The molecule has 1 N–H and O–H groups in total. The quantitative estimate of drug-likeness (QED) is 0.396. The summed E-state index contributed by atoms with van der Waals surface area (Å²) in [6.45, 7) is 0. The fourth-order valence-corrected chi connectivity index (χ4v) is 4.62. The largest absolute Gasteiger partial charge is 0.350 e. The molecule has 1 aliphatic heterocycles. The van der Waals surface area contributed by atoms with Gasteiger partial charge >= 0.3 is 0 Å². The number of anilines is 1. The topological polar surface area (TPSA) is 29.1 Å². The molecule has 3 aromatic carbocycles. The van der Waals surface area contributed by atoms with Crippen molar-refractivity contribution in [2.45, 2.75) is 4.90 Å². The van der Waals surface area contributed by atoms with Crippen molar-refractivity contribution in [3.8, 4) is 0 Å². The summed E-state index contributed by atoms with van der Waals surface area (Å²) >= 11 is 0. The molecule has 0 aromatic heterocycles. The Labute approximate surface area is 138 Å². The van der Waals surface area contributed by atoms with Gasteiger partial charge in [0.2, 0.25) is 0 Å². The molecule has 0 spiro atoms. The maximum absolute atomic E-state index is 12.5. The van der Waals surface area contributed by atoms with E-state index >= 15 is 0 Å². The van der Waals surface area contributed by atoms with Crippen molar-refractivity contribution < 1.29 is 4.79 Å². The summed E-state index contributed by atoms with van der Waals surface area (Å²) in [5.74, 6) is 0.0551. The number of ketones is 1. The number of rotatable bonds is 2. The van der Waals surface area contributed by atoms with Gasteiger partial charge in [0.15, 0.2) is 5.78 Å². The standard InChI is InChI=1S/C20H17NOS/c1-23-18-12-11-14-7-5-6-10-16(14)20(18)21-19(23)13-17(22)15-8-3-2-4-9-15/h2-13,21,23H,1H3. The maximum atomic E-state index is 12.5. The van der Waals surface area contributed by atoms with Crippen LogP contribution in [0.2, 0.25) is 0 Å². The Morgan fingerprint density at radius 2 is 1.70 bits per heavy atom. The van der Waals surface area contributed by atoms with Gasteiger partial charge in [0.05, 0.1) is 10.7 Å². The minimum Gasteiger partial charge on any atom is -0.350 e. The Morgan fingerprint density at radius 1 is 0.957 bits per heavy atom. The lowest BCUT2D eigenvalue weighted by molar-refractivity contribution is 0.104. The normalized spacial score (nSPS) is 19.5. The number of nitrogens with one attached hydrogen (secondary N) is 1. The fourth-order valence-electron chi connectivity index (χ4n) is 2.96. The summed E-state index contributed by atoms with van der Waals surface area (Å²) in [4.78, 5) is 13.8. The fraction of sp³-hybridized carbons (Fsp3) is 0.0500. The highest BCUT2D eigenvalue weighted by molar-refractivity contribution is 8.20. The van der Waals surface area contributed by atoms with Crippen LogP contribution in [0.25, 0.3) is 10.8 Å². The Kier molecular flexibility index (Phi) is 3.43. The lowest BCUT2D eigenvalue weighted by atomic mass is 10.1. The number of thiol groups is 1. The van der Waals surface area contributed by atoms with Crippen molar-refractivity contribution in [3.63, 3.8) is 0 Å². The molecule has 23 heavy (non-hydrogen) atoms. The first-order valence-corrected chi connectivity index (χ1v) is 9.36. The molecular weight excluding hydrogens is 302 g/mol. The predicted molar refractivity (Wildman–Crippen MR) is 99.6 cm³/mol.